The van der Waals surface area contributed by atoms with Gasteiger partial charge in [0.15, 0.2) is 0 Å². The van der Waals surface area contributed by atoms with Crippen molar-refractivity contribution in [2.24, 2.45) is 0 Å². The standard InChI is InChI=1S/C28H34N2O5/c1-6-17-35-21-11-9-20(10-12-21)25-24(26(31)23-14-13-22(34-5)18-19(23)4)27(32)28(33)30(25)16-15-29(7-2)8-3/h6,9-14,18,25,31H,1,7-8,15-17H2,2-5H3. The Kier molecular flexibility index (Phi) is 8.71. The molecular weight excluding hydrogens is 444 g/mol. The van der Waals surface area contributed by atoms with Gasteiger partial charge in [0.1, 0.15) is 23.9 Å². The van der Waals surface area contributed by atoms with E-state index in [2.05, 4.69) is 25.3 Å². The Morgan fingerprint density at radius 1 is 1.11 bits per heavy atom. The third kappa shape index (κ3) is 5.57. The maximum atomic E-state index is 13.3. The fraction of sp³-hybridized carbons (Fsp3) is 0.357. The van der Waals surface area contributed by atoms with Crippen molar-refractivity contribution < 1.29 is 24.2 Å². The van der Waals surface area contributed by atoms with Crippen LogP contribution in [0.4, 0.5) is 0 Å². The van der Waals surface area contributed by atoms with Crippen molar-refractivity contribution in [1.29, 1.82) is 0 Å². The summed E-state index contributed by atoms with van der Waals surface area (Å²) in [5, 5.41) is 11.3. The quantitative estimate of drug-likeness (QED) is 0.224. The molecule has 0 saturated carbocycles. The molecule has 2 aromatic carbocycles. The minimum atomic E-state index is -0.708. The van der Waals surface area contributed by atoms with Crippen molar-refractivity contribution in [1.82, 2.24) is 9.80 Å². The minimum absolute atomic E-state index is 0.0857. The van der Waals surface area contributed by atoms with Crippen LogP contribution in [0.5, 0.6) is 11.5 Å². The monoisotopic (exact) mass is 478 g/mol. The lowest BCUT2D eigenvalue weighted by Gasteiger charge is -2.28. The second-order valence-corrected chi connectivity index (χ2v) is 8.37. The van der Waals surface area contributed by atoms with Gasteiger partial charge >= 0.3 is 0 Å². The summed E-state index contributed by atoms with van der Waals surface area (Å²) in [6, 6.07) is 11.7. The second kappa shape index (κ2) is 11.7. The number of benzene rings is 2. The van der Waals surface area contributed by atoms with Gasteiger partial charge in [-0.3, -0.25) is 9.59 Å². The van der Waals surface area contributed by atoms with Gasteiger partial charge in [-0.1, -0.05) is 38.6 Å². The van der Waals surface area contributed by atoms with Gasteiger partial charge in [0, 0.05) is 18.7 Å². The molecule has 2 aromatic rings. The van der Waals surface area contributed by atoms with E-state index in [4.69, 9.17) is 9.47 Å². The number of aryl methyl sites for hydroxylation is 1. The maximum absolute atomic E-state index is 13.3. The number of likely N-dealkylation sites (N-methyl/N-ethyl adjacent to an activating group) is 1. The molecule has 1 N–H and O–H groups in total. The molecule has 186 valence electrons. The predicted octanol–water partition coefficient (Wildman–Crippen LogP) is 4.33. The van der Waals surface area contributed by atoms with Crippen LogP contribution >= 0.6 is 0 Å². The zero-order valence-electron chi connectivity index (χ0n) is 20.9. The number of methoxy groups -OCH3 is 1. The summed E-state index contributed by atoms with van der Waals surface area (Å²) < 4.78 is 10.9. The molecule has 1 saturated heterocycles. The number of likely N-dealkylation sites (tertiary alicyclic amines) is 1. The Hall–Kier alpha value is -3.58. The molecule has 35 heavy (non-hydrogen) atoms. The Morgan fingerprint density at radius 2 is 1.77 bits per heavy atom. The van der Waals surface area contributed by atoms with Crippen molar-refractivity contribution in [2.45, 2.75) is 26.8 Å². The molecule has 1 atom stereocenters. The SMILES string of the molecule is C=CCOc1ccc(C2C(=C(O)c3ccc(OC)cc3C)C(=O)C(=O)N2CCN(CC)CC)cc1. The lowest BCUT2D eigenvalue weighted by Crippen LogP contribution is -2.38. The van der Waals surface area contributed by atoms with Gasteiger partial charge in [-0.15, -0.1) is 0 Å². The first kappa shape index (κ1) is 26.0. The van der Waals surface area contributed by atoms with Gasteiger partial charge in [-0.05, 0) is 61.5 Å². The van der Waals surface area contributed by atoms with Crippen LogP contribution in [0, 0.1) is 6.92 Å². The molecule has 1 unspecified atom stereocenters. The molecule has 1 fully saturated rings. The van der Waals surface area contributed by atoms with E-state index in [1.165, 1.54) is 0 Å². The van der Waals surface area contributed by atoms with E-state index in [0.717, 1.165) is 24.2 Å². The summed E-state index contributed by atoms with van der Waals surface area (Å²) in [7, 11) is 1.57. The molecule has 1 aliphatic heterocycles. The number of aliphatic hydroxyl groups is 1. The van der Waals surface area contributed by atoms with Crippen molar-refractivity contribution in [3.8, 4) is 11.5 Å². The smallest absolute Gasteiger partial charge is 0.295 e. The van der Waals surface area contributed by atoms with E-state index in [0.29, 0.717) is 36.8 Å². The first-order chi connectivity index (χ1) is 16.9. The summed E-state index contributed by atoms with van der Waals surface area (Å²) in [6.07, 6.45) is 1.66. The van der Waals surface area contributed by atoms with E-state index < -0.39 is 17.7 Å². The predicted molar refractivity (Wildman–Crippen MR) is 137 cm³/mol. The number of carbonyl (C=O) groups excluding carboxylic acids is 2. The summed E-state index contributed by atoms with van der Waals surface area (Å²) in [6.45, 7) is 12.6. The molecular formula is C28H34N2O5. The Labute approximate surface area is 207 Å². The van der Waals surface area contributed by atoms with Crippen LogP contribution < -0.4 is 9.47 Å². The van der Waals surface area contributed by atoms with Crippen LogP contribution in [0.25, 0.3) is 5.76 Å². The molecule has 3 rings (SSSR count). The third-order valence-corrected chi connectivity index (χ3v) is 6.34. The van der Waals surface area contributed by atoms with Crippen molar-refractivity contribution in [2.75, 3.05) is 39.9 Å². The number of Topliss-reactive ketones (excluding diaryl/α,β-unsaturated/α-hetero) is 1. The maximum Gasteiger partial charge on any atom is 0.295 e. The zero-order valence-corrected chi connectivity index (χ0v) is 20.9. The lowest BCUT2D eigenvalue weighted by molar-refractivity contribution is -0.140. The van der Waals surface area contributed by atoms with Crippen molar-refractivity contribution >= 4 is 17.4 Å². The first-order valence-electron chi connectivity index (χ1n) is 11.9. The third-order valence-electron chi connectivity index (χ3n) is 6.34. The molecule has 1 heterocycles. The van der Waals surface area contributed by atoms with Gasteiger partial charge in [0.2, 0.25) is 0 Å². The number of hydrogen-bond acceptors (Lipinski definition) is 6. The molecule has 0 spiro atoms. The van der Waals surface area contributed by atoms with Gasteiger partial charge in [-0.2, -0.15) is 0 Å². The molecule has 1 aliphatic rings. The lowest BCUT2D eigenvalue weighted by atomic mass is 9.94. The van der Waals surface area contributed by atoms with Crippen LogP contribution in [-0.4, -0.2) is 66.5 Å². The van der Waals surface area contributed by atoms with E-state index >= 15 is 0 Å². The topological polar surface area (TPSA) is 79.3 Å². The number of carbonyl (C=O) groups is 2. The van der Waals surface area contributed by atoms with Crippen molar-refractivity contribution in [3.63, 3.8) is 0 Å². The highest BCUT2D eigenvalue weighted by Gasteiger charge is 2.46. The van der Waals surface area contributed by atoms with Crippen LogP contribution in [0.2, 0.25) is 0 Å². The molecule has 1 amide bonds. The first-order valence-corrected chi connectivity index (χ1v) is 11.9. The van der Waals surface area contributed by atoms with Gasteiger partial charge in [0.05, 0.1) is 18.7 Å². The summed E-state index contributed by atoms with van der Waals surface area (Å²) >= 11 is 0. The second-order valence-electron chi connectivity index (χ2n) is 8.37. The fourth-order valence-electron chi connectivity index (χ4n) is 4.32. The van der Waals surface area contributed by atoms with Gasteiger partial charge in [-0.25, -0.2) is 0 Å². The number of aliphatic hydroxyl groups excluding tert-OH is 1. The van der Waals surface area contributed by atoms with Crippen molar-refractivity contribution in [3.05, 3.63) is 77.4 Å². The van der Waals surface area contributed by atoms with Crippen LogP contribution in [0.3, 0.4) is 0 Å². The average Bonchev–Trinajstić information content (AvgIpc) is 3.12. The Balaban J connectivity index is 2.09. The minimum Gasteiger partial charge on any atom is -0.507 e. The van der Waals surface area contributed by atoms with Crippen LogP contribution in [-0.2, 0) is 9.59 Å². The average molecular weight is 479 g/mol. The number of rotatable bonds is 11. The molecule has 7 heteroatoms. The largest absolute Gasteiger partial charge is 0.507 e. The molecule has 7 nitrogen and oxygen atoms in total. The van der Waals surface area contributed by atoms with Crippen LogP contribution in [0.15, 0.2) is 60.7 Å². The highest BCUT2D eigenvalue weighted by molar-refractivity contribution is 6.46. The number of ether oxygens (including phenoxy) is 2. The van der Waals surface area contributed by atoms with E-state index in [1.54, 1.807) is 48.4 Å². The zero-order chi connectivity index (χ0) is 25.5. The van der Waals surface area contributed by atoms with E-state index in [-0.39, 0.29) is 11.3 Å². The fourth-order valence-corrected chi connectivity index (χ4v) is 4.32. The number of amides is 1. The summed E-state index contributed by atoms with van der Waals surface area (Å²) in [5.41, 5.74) is 2.04. The summed E-state index contributed by atoms with van der Waals surface area (Å²) in [5.74, 6) is -0.188. The highest BCUT2D eigenvalue weighted by Crippen LogP contribution is 2.40. The molecule has 0 aromatic heterocycles. The number of ketones is 1. The van der Waals surface area contributed by atoms with E-state index in [9.17, 15) is 14.7 Å². The summed E-state index contributed by atoms with van der Waals surface area (Å²) in [4.78, 5) is 30.2. The highest BCUT2D eigenvalue weighted by atomic mass is 16.5. The van der Waals surface area contributed by atoms with E-state index in [1.807, 2.05) is 19.1 Å². The molecule has 0 bridgehead atoms. The number of hydrogen-bond donors (Lipinski definition) is 1. The Morgan fingerprint density at radius 3 is 2.34 bits per heavy atom. The molecule has 0 aliphatic carbocycles. The Bertz CT molecular complexity index is 1100. The molecule has 0 radical (unpaired) electrons. The normalized spacial score (nSPS) is 17.2. The number of nitrogens with zero attached hydrogens (tertiary/aromatic N) is 2. The van der Waals surface area contributed by atoms with Gasteiger partial charge < -0.3 is 24.4 Å². The van der Waals surface area contributed by atoms with Crippen LogP contribution in [0.1, 0.15) is 36.6 Å². The van der Waals surface area contributed by atoms with Gasteiger partial charge in [0.25, 0.3) is 11.7 Å².